The molecule has 1 aromatic carbocycles. The topological polar surface area (TPSA) is 63.2 Å². The molecule has 2 aromatic heterocycles. The van der Waals surface area contributed by atoms with Crippen molar-refractivity contribution in [1.29, 1.82) is 0 Å². The fourth-order valence-electron chi connectivity index (χ4n) is 3.26. The number of halogens is 1. The van der Waals surface area contributed by atoms with Crippen LogP contribution in [0.1, 0.15) is 24.1 Å². The zero-order valence-corrected chi connectivity index (χ0v) is 18.7. The highest BCUT2D eigenvalue weighted by atomic mass is 32.2. The summed E-state index contributed by atoms with van der Waals surface area (Å²) in [6, 6.07) is 13.6. The van der Waals surface area contributed by atoms with Gasteiger partial charge in [-0.2, -0.15) is 0 Å². The molecule has 0 saturated heterocycles. The minimum absolute atomic E-state index is 0.174. The van der Waals surface area contributed by atoms with E-state index in [0.29, 0.717) is 11.4 Å². The van der Waals surface area contributed by atoms with Crippen LogP contribution in [0.15, 0.2) is 115 Å². The Morgan fingerprint density at radius 1 is 1.03 bits per heavy atom. The number of rotatable bonds is 8. The summed E-state index contributed by atoms with van der Waals surface area (Å²) < 4.78 is 38.3. The van der Waals surface area contributed by atoms with Gasteiger partial charge in [-0.15, -0.1) is 0 Å². The maximum Gasteiger partial charge on any atom is 0.175 e. The molecule has 0 bridgehead atoms. The molecule has 3 aromatic rings. The smallest absolute Gasteiger partial charge is 0.175 e. The average molecular weight is 450 g/mol. The molecule has 0 N–H and O–H groups in total. The molecule has 0 unspecified atom stereocenters. The lowest BCUT2D eigenvalue weighted by Gasteiger charge is -2.35. The SMILES string of the molecule is C=C(/C=C\C(F)=C/C)N(c1cccc(S(C)(=O)=O)c1)C(c1cccnc1)c1cccnc1. The summed E-state index contributed by atoms with van der Waals surface area (Å²) in [5.74, 6) is -0.407. The van der Waals surface area contributed by atoms with Gasteiger partial charge in [-0.1, -0.05) is 30.9 Å². The van der Waals surface area contributed by atoms with Crippen LogP contribution in [0, 0.1) is 0 Å². The lowest BCUT2D eigenvalue weighted by atomic mass is 9.98. The first-order valence-electron chi connectivity index (χ1n) is 9.89. The molecule has 5 nitrogen and oxygen atoms in total. The van der Waals surface area contributed by atoms with Crippen molar-refractivity contribution in [2.75, 3.05) is 11.2 Å². The standard InChI is InChI=1S/C25H24FN3O2S/c1-4-22(26)13-12-19(2)29(23-10-5-11-24(16-23)32(3,30)31)25(20-8-6-14-27-17-20)21-9-7-15-28-18-21/h4-18,25H,2H2,1,3H3/b13-12-,22-4+. The van der Waals surface area contributed by atoms with E-state index in [4.69, 9.17) is 0 Å². The Kier molecular flexibility index (Phi) is 7.33. The maximum atomic E-state index is 13.8. The summed E-state index contributed by atoms with van der Waals surface area (Å²) in [5.41, 5.74) is 2.73. The third kappa shape index (κ3) is 5.56. The molecule has 3 rings (SSSR count). The molecule has 2 heterocycles. The van der Waals surface area contributed by atoms with Gasteiger partial charge in [0.05, 0.1) is 10.9 Å². The Balaban J connectivity index is 2.24. The largest absolute Gasteiger partial charge is 0.330 e. The minimum atomic E-state index is -3.44. The number of sulfone groups is 1. The lowest BCUT2D eigenvalue weighted by molar-refractivity contribution is 0.602. The molecule has 0 spiro atoms. The van der Waals surface area contributed by atoms with Gasteiger partial charge in [-0.05, 0) is 60.5 Å². The first-order valence-corrected chi connectivity index (χ1v) is 11.8. The Morgan fingerprint density at radius 2 is 1.66 bits per heavy atom. The first kappa shape index (κ1) is 23.1. The molecular formula is C25H24FN3O2S. The molecule has 0 aliphatic heterocycles. The van der Waals surface area contributed by atoms with Crippen LogP contribution in [0.5, 0.6) is 0 Å². The van der Waals surface area contributed by atoms with Gasteiger partial charge >= 0.3 is 0 Å². The van der Waals surface area contributed by atoms with E-state index in [1.165, 1.54) is 18.2 Å². The second-order valence-electron chi connectivity index (χ2n) is 7.11. The number of hydrogen-bond donors (Lipinski definition) is 0. The molecule has 0 aliphatic carbocycles. The predicted molar refractivity (Wildman–Crippen MR) is 125 cm³/mol. The third-order valence-corrected chi connectivity index (χ3v) is 5.91. The van der Waals surface area contributed by atoms with Crippen LogP contribution in [-0.4, -0.2) is 24.6 Å². The van der Waals surface area contributed by atoms with Gasteiger partial charge in [0.25, 0.3) is 0 Å². The lowest BCUT2D eigenvalue weighted by Crippen LogP contribution is -2.28. The van der Waals surface area contributed by atoms with Gasteiger partial charge in [0.2, 0.25) is 0 Å². The van der Waals surface area contributed by atoms with Crippen molar-refractivity contribution in [3.05, 3.63) is 121 Å². The van der Waals surface area contributed by atoms with Crippen molar-refractivity contribution < 1.29 is 12.8 Å². The summed E-state index contributed by atoms with van der Waals surface area (Å²) >= 11 is 0. The van der Waals surface area contributed by atoms with Crippen LogP contribution in [0.4, 0.5) is 10.1 Å². The van der Waals surface area contributed by atoms with Crippen molar-refractivity contribution in [2.45, 2.75) is 17.9 Å². The fraction of sp³-hybridized carbons (Fsp3) is 0.120. The van der Waals surface area contributed by atoms with Crippen molar-refractivity contribution >= 4 is 15.5 Å². The number of nitrogens with zero attached hydrogens (tertiary/aromatic N) is 3. The molecular weight excluding hydrogens is 425 g/mol. The number of hydrogen-bond acceptors (Lipinski definition) is 5. The minimum Gasteiger partial charge on any atom is -0.330 e. The molecule has 0 radical (unpaired) electrons. The highest BCUT2D eigenvalue weighted by molar-refractivity contribution is 7.90. The Morgan fingerprint density at radius 3 is 2.16 bits per heavy atom. The molecule has 0 aliphatic rings. The number of pyridine rings is 2. The molecule has 0 amide bonds. The predicted octanol–water partition coefficient (Wildman–Crippen LogP) is 5.42. The molecule has 32 heavy (non-hydrogen) atoms. The Labute approximate surface area is 188 Å². The van der Waals surface area contributed by atoms with Crippen molar-refractivity contribution in [1.82, 2.24) is 9.97 Å². The van der Waals surface area contributed by atoms with Crippen molar-refractivity contribution in [3.8, 4) is 0 Å². The fourth-order valence-corrected chi connectivity index (χ4v) is 3.92. The summed E-state index contributed by atoms with van der Waals surface area (Å²) in [4.78, 5) is 10.5. The summed E-state index contributed by atoms with van der Waals surface area (Å²) in [7, 11) is -3.44. The Hall–Kier alpha value is -3.58. The maximum absolute atomic E-state index is 13.8. The monoisotopic (exact) mass is 449 g/mol. The van der Waals surface area contributed by atoms with E-state index in [2.05, 4.69) is 16.5 Å². The van der Waals surface area contributed by atoms with Crippen LogP contribution >= 0.6 is 0 Å². The molecule has 164 valence electrons. The first-order chi connectivity index (χ1) is 15.3. The molecule has 7 heteroatoms. The van der Waals surface area contributed by atoms with E-state index in [0.717, 1.165) is 17.4 Å². The van der Waals surface area contributed by atoms with Crippen LogP contribution in [0.25, 0.3) is 0 Å². The van der Waals surface area contributed by atoms with E-state index >= 15 is 0 Å². The van der Waals surface area contributed by atoms with E-state index in [1.54, 1.807) is 56.0 Å². The van der Waals surface area contributed by atoms with E-state index in [-0.39, 0.29) is 4.90 Å². The van der Waals surface area contributed by atoms with Crippen LogP contribution in [-0.2, 0) is 9.84 Å². The molecule has 0 saturated carbocycles. The zero-order valence-electron chi connectivity index (χ0n) is 17.9. The average Bonchev–Trinajstić information content (AvgIpc) is 2.81. The van der Waals surface area contributed by atoms with Crippen LogP contribution < -0.4 is 4.90 Å². The van der Waals surface area contributed by atoms with E-state index in [9.17, 15) is 12.8 Å². The molecule has 0 atom stereocenters. The Bertz CT molecular complexity index is 1200. The van der Waals surface area contributed by atoms with Crippen molar-refractivity contribution in [2.24, 2.45) is 0 Å². The highest BCUT2D eigenvalue weighted by Crippen LogP contribution is 2.36. The normalized spacial score (nSPS) is 12.3. The van der Waals surface area contributed by atoms with E-state index < -0.39 is 21.7 Å². The van der Waals surface area contributed by atoms with Gasteiger partial charge in [0, 0.05) is 42.4 Å². The van der Waals surface area contributed by atoms with Gasteiger partial charge in [-0.25, -0.2) is 12.8 Å². The highest BCUT2D eigenvalue weighted by Gasteiger charge is 2.26. The summed E-state index contributed by atoms with van der Waals surface area (Å²) in [5, 5.41) is 0. The van der Waals surface area contributed by atoms with Gasteiger partial charge in [0.1, 0.15) is 5.83 Å². The van der Waals surface area contributed by atoms with Gasteiger partial charge < -0.3 is 4.90 Å². The van der Waals surface area contributed by atoms with Crippen LogP contribution in [0.3, 0.4) is 0 Å². The van der Waals surface area contributed by atoms with Crippen LogP contribution in [0.2, 0.25) is 0 Å². The quantitative estimate of drug-likeness (QED) is 0.430. The number of aromatic nitrogens is 2. The summed E-state index contributed by atoms with van der Waals surface area (Å²) in [6.07, 6.45) is 12.2. The van der Waals surface area contributed by atoms with E-state index in [1.807, 2.05) is 29.2 Å². The number of benzene rings is 1. The van der Waals surface area contributed by atoms with Gasteiger partial charge in [0.15, 0.2) is 9.84 Å². The van der Waals surface area contributed by atoms with Crippen molar-refractivity contribution in [3.63, 3.8) is 0 Å². The summed E-state index contributed by atoms with van der Waals surface area (Å²) in [6.45, 7) is 5.76. The van der Waals surface area contributed by atoms with Gasteiger partial charge in [-0.3, -0.25) is 9.97 Å². The zero-order chi connectivity index (χ0) is 23.1. The second-order valence-corrected chi connectivity index (χ2v) is 9.13. The molecule has 0 fully saturated rings. The second kappa shape index (κ2) is 10.2. The third-order valence-electron chi connectivity index (χ3n) is 4.80. The number of anilines is 1. The number of allylic oxidation sites excluding steroid dienone is 4.